The normalized spacial score (nSPS) is 16.3. The number of nitrogens with one attached hydrogen (secondary N) is 1. The molecule has 1 aromatic heterocycles. The van der Waals surface area contributed by atoms with E-state index >= 15 is 0 Å². The van der Waals surface area contributed by atoms with Crippen LogP contribution in [-0.2, 0) is 6.42 Å². The molecule has 0 fully saturated rings. The maximum absolute atomic E-state index is 13.0. The lowest BCUT2D eigenvalue weighted by Crippen LogP contribution is -2.17. The molecule has 1 atom stereocenters. The molecule has 2 heterocycles. The van der Waals surface area contributed by atoms with Gasteiger partial charge >= 0.3 is 0 Å². The number of halogens is 1. The topological polar surface area (TPSA) is 41.5 Å². The molecule has 1 aliphatic heterocycles. The van der Waals surface area contributed by atoms with Crippen LogP contribution in [-0.4, -0.2) is 17.4 Å². The maximum atomic E-state index is 13.0. The number of hydrogen-bond donors (Lipinski definition) is 1. The number of carbonyl (C=O) groups excluding carboxylic acids is 1. The van der Waals surface area contributed by atoms with Crippen LogP contribution >= 0.6 is 23.1 Å². The van der Waals surface area contributed by atoms with Crippen molar-refractivity contribution < 1.29 is 9.18 Å². The Morgan fingerprint density at radius 1 is 1.29 bits per heavy atom. The largest absolute Gasteiger partial charge is 0.335 e. The molecule has 1 N–H and O–H groups in total. The molecule has 6 heteroatoms. The smallest absolute Gasteiger partial charge is 0.172 e. The second-order valence-electron chi connectivity index (χ2n) is 5.50. The molecule has 0 radical (unpaired) electrons. The quantitative estimate of drug-likeness (QED) is 0.709. The van der Waals surface area contributed by atoms with E-state index in [1.807, 2.05) is 0 Å². The van der Waals surface area contributed by atoms with E-state index in [1.165, 1.54) is 40.9 Å². The summed E-state index contributed by atoms with van der Waals surface area (Å²) in [5.41, 5.74) is 1.70. The summed E-state index contributed by atoms with van der Waals surface area (Å²) in [6.45, 7) is 4.20. The predicted molar refractivity (Wildman–Crippen MR) is 101 cm³/mol. The van der Waals surface area contributed by atoms with E-state index in [0.29, 0.717) is 11.3 Å². The number of aliphatic imine (C=N–C) groups is 1. The molecule has 0 bridgehead atoms. The second kappa shape index (κ2) is 7.49. The summed E-state index contributed by atoms with van der Waals surface area (Å²) in [7, 11) is 0. The Morgan fingerprint density at radius 2 is 2.04 bits per heavy atom. The van der Waals surface area contributed by atoms with Crippen molar-refractivity contribution in [2.24, 2.45) is 4.99 Å². The Labute approximate surface area is 149 Å². The van der Waals surface area contributed by atoms with E-state index in [0.717, 1.165) is 29.2 Å². The van der Waals surface area contributed by atoms with Crippen molar-refractivity contribution in [1.29, 1.82) is 0 Å². The number of benzene rings is 1. The van der Waals surface area contributed by atoms with Gasteiger partial charge in [0.1, 0.15) is 22.0 Å². The number of thiophene rings is 1. The van der Waals surface area contributed by atoms with Gasteiger partial charge in [-0.25, -0.2) is 4.39 Å². The van der Waals surface area contributed by atoms with E-state index in [2.05, 4.69) is 25.2 Å². The lowest BCUT2D eigenvalue weighted by molar-refractivity contribution is 0.102. The molecule has 0 saturated carbocycles. The van der Waals surface area contributed by atoms with Gasteiger partial charge in [0.2, 0.25) is 0 Å². The van der Waals surface area contributed by atoms with Crippen molar-refractivity contribution >= 4 is 39.7 Å². The number of nitrogens with zero attached hydrogens (tertiary/aromatic N) is 1. The van der Waals surface area contributed by atoms with Gasteiger partial charge in [-0.2, -0.15) is 0 Å². The van der Waals surface area contributed by atoms with Crippen LogP contribution in [0.4, 0.5) is 9.39 Å². The number of carbonyl (C=O) groups is 1. The van der Waals surface area contributed by atoms with Crippen molar-refractivity contribution in [3.8, 4) is 0 Å². The molecule has 1 aliphatic rings. The molecule has 3 nitrogen and oxygen atoms in total. The van der Waals surface area contributed by atoms with E-state index < -0.39 is 0 Å². The molecular weight excluding hydrogens is 343 g/mol. The monoisotopic (exact) mass is 362 g/mol. The molecule has 0 aliphatic carbocycles. The van der Waals surface area contributed by atoms with Crippen molar-refractivity contribution in [1.82, 2.24) is 0 Å². The number of fused-ring (bicyclic) bond motifs is 1. The molecule has 1 unspecified atom stereocenters. The summed E-state index contributed by atoms with van der Waals surface area (Å²) in [5.74, 6) is 0.954. The molecule has 3 rings (SSSR count). The number of Topliss-reactive ketones (excluding diaryl/α,β-unsaturated/α-hetero) is 1. The summed E-state index contributed by atoms with van der Waals surface area (Å²) in [5, 5.41) is 4.47. The fraction of sp³-hybridized carbons (Fsp3) is 0.333. The van der Waals surface area contributed by atoms with Crippen molar-refractivity contribution in [2.45, 2.75) is 32.1 Å². The highest BCUT2D eigenvalue weighted by atomic mass is 32.2. The molecule has 2 aromatic rings. The Balaban J connectivity index is 1.74. The summed E-state index contributed by atoms with van der Waals surface area (Å²) in [6, 6.07) is 7.89. The first kappa shape index (κ1) is 17.2. The number of ketones is 1. The summed E-state index contributed by atoms with van der Waals surface area (Å²) >= 11 is 3.28. The highest BCUT2D eigenvalue weighted by Gasteiger charge is 2.24. The van der Waals surface area contributed by atoms with Crippen LogP contribution in [0.25, 0.3) is 0 Å². The number of rotatable bonds is 6. The minimum Gasteiger partial charge on any atom is -0.335 e. The van der Waals surface area contributed by atoms with Gasteiger partial charge in [-0.05, 0) is 36.8 Å². The second-order valence-corrected chi connectivity index (χ2v) is 7.70. The van der Waals surface area contributed by atoms with Gasteiger partial charge in [-0.15, -0.1) is 23.1 Å². The van der Waals surface area contributed by atoms with Gasteiger partial charge in [0.15, 0.2) is 5.78 Å². The zero-order chi connectivity index (χ0) is 17.1. The third-order valence-electron chi connectivity index (χ3n) is 3.83. The standard InChI is InChI=1S/C18H19FN2OS2/c1-3-13-9-14-17(20-16(4-2)21-18(14)24-13)23-10-15(22)11-5-7-12(19)8-6-11/h5-9,17H,3-4,10H2,1-2H3,(H,20,21). The number of aryl methyl sites for hydroxylation is 1. The average molecular weight is 362 g/mol. The van der Waals surface area contributed by atoms with Crippen LogP contribution in [0, 0.1) is 5.82 Å². The molecular formula is C18H19FN2OS2. The van der Waals surface area contributed by atoms with Crippen LogP contribution in [0.3, 0.4) is 0 Å². The van der Waals surface area contributed by atoms with Crippen LogP contribution in [0.2, 0.25) is 0 Å². The fourth-order valence-electron chi connectivity index (χ4n) is 2.47. The molecule has 0 amide bonds. The molecule has 24 heavy (non-hydrogen) atoms. The first-order chi connectivity index (χ1) is 11.6. The number of hydrogen-bond acceptors (Lipinski definition) is 5. The molecule has 0 spiro atoms. The lowest BCUT2D eigenvalue weighted by atomic mass is 10.1. The number of anilines is 1. The van der Waals surface area contributed by atoms with Crippen LogP contribution in [0.15, 0.2) is 35.3 Å². The average Bonchev–Trinajstić information content (AvgIpc) is 3.03. The van der Waals surface area contributed by atoms with Crippen molar-refractivity contribution in [2.75, 3.05) is 11.1 Å². The Kier molecular flexibility index (Phi) is 5.36. The van der Waals surface area contributed by atoms with E-state index in [1.54, 1.807) is 11.3 Å². The third-order valence-corrected chi connectivity index (χ3v) is 6.15. The minimum atomic E-state index is -0.329. The minimum absolute atomic E-state index is 0.000671. The van der Waals surface area contributed by atoms with Gasteiger partial charge < -0.3 is 5.32 Å². The van der Waals surface area contributed by atoms with Crippen LogP contribution < -0.4 is 5.32 Å². The van der Waals surface area contributed by atoms with Crippen molar-refractivity contribution in [3.63, 3.8) is 0 Å². The third kappa shape index (κ3) is 3.70. The summed E-state index contributed by atoms with van der Waals surface area (Å²) in [6.07, 6.45) is 1.83. The number of thioether (sulfide) groups is 1. The van der Waals surface area contributed by atoms with E-state index in [9.17, 15) is 9.18 Å². The first-order valence-electron chi connectivity index (χ1n) is 7.97. The van der Waals surface area contributed by atoms with Gasteiger partial charge in [-0.3, -0.25) is 9.79 Å². The highest BCUT2D eigenvalue weighted by Crippen LogP contribution is 2.43. The molecule has 0 saturated heterocycles. The first-order valence-corrected chi connectivity index (χ1v) is 9.84. The van der Waals surface area contributed by atoms with Gasteiger partial charge in [0.05, 0.1) is 5.75 Å². The SMILES string of the molecule is CCC1=NC(SCC(=O)c2ccc(F)cc2)c2cc(CC)sc2N1. The highest BCUT2D eigenvalue weighted by molar-refractivity contribution is 8.00. The molecule has 1 aromatic carbocycles. The van der Waals surface area contributed by atoms with E-state index in [4.69, 9.17) is 4.99 Å². The zero-order valence-electron chi connectivity index (χ0n) is 13.6. The van der Waals surface area contributed by atoms with E-state index in [-0.39, 0.29) is 17.0 Å². The van der Waals surface area contributed by atoms with Crippen molar-refractivity contribution in [3.05, 3.63) is 52.2 Å². The fourth-order valence-corrected chi connectivity index (χ4v) is 4.64. The summed E-state index contributed by atoms with van der Waals surface area (Å²) in [4.78, 5) is 18.4. The lowest BCUT2D eigenvalue weighted by Gasteiger charge is -2.21. The summed E-state index contributed by atoms with van der Waals surface area (Å²) < 4.78 is 13.0. The number of amidine groups is 1. The Bertz CT molecular complexity index is 768. The van der Waals surface area contributed by atoms with Crippen LogP contribution in [0.5, 0.6) is 0 Å². The zero-order valence-corrected chi connectivity index (χ0v) is 15.3. The van der Waals surface area contributed by atoms with Crippen LogP contribution in [0.1, 0.15) is 46.4 Å². The molecule has 126 valence electrons. The Hall–Kier alpha value is -1.66. The predicted octanol–water partition coefficient (Wildman–Crippen LogP) is 5.30. The van der Waals surface area contributed by atoms with Gasteiger partial charge in [0, 0.05) is 22.4 Å². The maximum Gasteiger partial charge on any atom is 0.172 e. The van der Waals surface area contributed by atoms with Gasteiger partial charge in [-0.1, -0.05) is 13.8 Å². The Morgan fingerprint density at radius 3 is 2.71 bits per heavy atom. The van der Waals surface area contributed by atoms with Gasteiger partial charge in [0.25, 0.3) is 0 Å².